The highest BCUT2D eigenvalue weighted by Gasteiger charge is 2.42. The molecule has 2 aromatic rings. The molecular formula is C15H16N4O3S. The number of benzene rings is 1. The van der Waals surface area contributed by atoms with E-state index in [9.17, 15) is 8.42 Å². The third-order valence-corrected chi connectivity index (χ3v) is 5.86. The van der Waals surface area contributed by atoms with Gasteiger partial charge >= 0.3 is 0 Å². The molecule has 1 aliphatic rings. The number of hydrogen-bond donors (Lipinski definition) is 1. The number of hydrogen-bond acceptors (Lipinski definition) is 5. The van der Waals surface area contributed by atoms with Gasteiger partial charge in [0.15, 0.2) is 0 Å². The van der Waals surface area contributed by atoms with Gasteiger partial charge in [0.1, 0.15) is 5.82 Å². The Hall–Kier alpha value is -2.21. The van der Waals surface area contributed by atoms with Gasteiger partial charge in [-0.2, -0.15) is 9.57 Å². The van der Waals surface area contributed by atoms with Crippen LogP contribution in [-0.2, 0) is 14.8 Å². The van der Waals surface area contributed by atoms with Crippen molar-refractivity contribution in [1.82, 2.24) is 14.3 Å². The number of sulfonamides is 1. The van der Waals surface area contributed by atoms with E-state index in [0.717, 1.165) is 0 Å². The number of nitriles is 1. The third-order valence-electron chi connectivity index (χ3n) is 3.98. The molecular weight excluding hydrogens is 316 g/mol. The van der Waals surface area contributed by atoms with Crippen LogP contribution in [0.2, 0.25) is 0 Å². The molecule has 1 N–H and O–H groups in total. The Morgan fingerprint density at radius 3 is 2.70 bits per heavy atom. The van der Waals surface area contributed by atoms with Gasteiger partial charge in [0.2, 0.25) is 10.0 Å². The predicted octanol–water partition coefficient (Wildman–Crippen LogP) is 1.43. The summed E-state index contributed by atoms with van der Waals surface area (Å²) in [5.74, 6) is 0.599. The van der Waals surface area contributed by atoms with E-state index in [4.69, 9.17) is 10.00 Å². The van der Waals surface area contributed by atoms with Gasteiger partial charge in [-0.15, -0.1) is 0 Å². The van der Waals surface area contributed by atoms with Crippen LogP contribution in [0.1, 0.15) is 23.9 Å². The summed E-state index contributed by atoms with van der Waals surface area (Å²) in [5, 5.41) is 8.84. The Bertz CT molecular complexity index is 809. The number of H-pyrrole nitrogens is 1. The summed E-state index contributed by atoms with van der Waals surface area (Å²) >= 11 is 0. The fourth-order valence-corrected chi connectivity index (χ4v) is 4.38. The van der Waals surface area contributed by atoms with Crippen molar-refractivity contribution >= 4 is 10.0 Å². The van der Waals surface area contributed by atoms with Crippen LogP contribution in [0, 0.1) is 11.3 Å². The molecule has 1 aromatic carbocycles. The van der Waals surface area contributed by atoms with Crippen LogP contribution < -0.4 is 0 Å². The number of imidazole rings is 1. The summed E-state index contributed by atoms with van der Waals surface area (Å²) in [6.07, 6.45) is 3.63. The zero-order valence-corrected chi connectivity index (χ0v) is 13.3. The molecule has 0 amide bonds. The van der Waals surface area contributed by atoms with Crippen LogP contribution in [0.15, 0.2) is 41.6 Å². The molecule has 1 unspecified atom stereocenters. The topological polar surface area (TPSA) is 99.1 Å². The van der Waals surface area contributed by atoms with Gasteiger partial charge in [-0.1, -0.05) is 0 Å². The van der Waals surface area contributed by atoms with E-state index in [2.05, 4.69) is 9.97 Å². The summed E-state index contributed by atoms with van der Waals surface area (Å²) < 4.78 is 32.6. The smallest absolute Gasteiger partial charge is 0.243 e. The molecule has 1 fully saturated rings. The summed E-state index contributed by atoms with van der Waals surface area (Å²) in [7, 11) is -2.13. The van der Waals surface area contributed by atoms with Crippen molar-refractivity contribution in [3.05, 3.63) is 48.0 Å². The van der Waals surface area contributed by atoms with Crippen LogP contribution >= 0.6 is 0 Å². The second-order valence-electron chi connectivity index (χ2n) is 5.29. The lowest BCUT2D eigenvalue weighted by Gasteiger charge is -2.22. The predicted molar refractivity (Wildman–Crippen MR) is 81.8 cm³/mol. The van der Waals surface area contributed by atoms with E-state index in [1.165, 1.54) is 28.6 Å². The molecule has 7 nitrogen and oxygen atoms in total. The van der Waals surface area contributed by atoms with Gasteiger partial charge in [-0.05, 0) is 30.7 Å². The first-order valence-corrected chi connectivity index (χ1v) is 8.54. The monoisotopic (exact) mass is 332 g/mol. The van der Waals surface area contributed by atoms with Gasteiger partial charge in [0, 0.05) is 26.0 Å². The van der Waals surface area contributed by atoms with Gasteiger partial charge in [0.25, 0.3) is 0 Å². The highest BCUT2D eigenvalue weighted by atomic mass is 32.2. The maximum absolute atomic E-state index is 12.9. The summed E-state index contributed by atoms with van der Waals surface area (Å²) in [6, 6.07) is 7.49. The van der Waals surface area contributed by atoms with Crippen molar-refractivity contribution in [3.8, 4) is 6.07 Å². The van der Waals surface area contributed by atoms with Gasteiger partial charge in [0.05, 0.1) is 28.7 Å². The molecule has 0 bridgehead atoms. The molecule has 3 rings (SSSR count). The van der Waals surface area contributed by atoms with Crippen LogP contribution in [0.3, 0.4) is 0 Å². The zero-order chi connectivity index (χ0) is 16.4. The molecule has 8 heteroatoms. The second-order valence-corrected chi connectivity index (χ2v) is 7.19. The van der Waals surface area contributed by atoms with Crippen molar-refractivity contribution in [1.29, 1.82) is 5.26 Å². The molecule has 120 valence electrons. The molecule has 1 saturated heterocycles. The fourth-order valence-electron chi connectivity index (χ4n) is 2.75. The minimum absolute atomic E-state index is 0.157. The van der Waals surface area contributed by atoms with Crippen molar-refractivity contribution in [2.45, 2.75) is 23.5 Å². The SMILES string of the molecule is CO[C@@H]1CC(c2ncc[nH]2)N(S(=O)(=O)c2ccc(C#N)cc2)C1. The standard InChI is InChI=1S/C15H16N4O3S/c1-22-12-8-14(15-17-6-7-18-15)19(10-12)23(20,21)13-4-2-11(9-16)3-5-13/h2-7,12,14H,8,10H2,1H3,(H,17,18)/t12-,14?/m1/s1. The third kappa shape index (κ3) is 2.86. The molecule has 1 aliphatic heterocycles. The number of nitrogens with zero attached hydrogens (tertiary/aromatic N) is 3. The summed E-state index contributed by atoms with van der Waals surface area (Å²) in [4.78, 5) is 7.33. The number of aromatic nitrogens is 2. The number of aromatic amines is 1. The van der Waals surface area contributed by atoms with Gasteiger partial charge in [-0.3, -0.25) is 0 Å². The van der Waals surface area contributed by atoms with E-state index in [1.807, 2.05) is 6.07 Å². The zero-order valence-electron chi connectivity index (χ0n) is 12.5. The molecule has 0 aliphatic carbocycles. The molecule has 23 heavy (non-hydrogen) atoms. The van der Waals surface area contributed by atoms with E-state index in [-0.39, 0.29) is 17.5 Å². The number of methoxy groups -OCH3 is 1. The summed E-state index contributed by atoms with van der Waals surface area (Å²) in [5.41, 5.74) is 0.419. The lowest BCUT2D eigenvalue weighted by molar-refractivity contribution is 0.114. The largest absolute Gasteiger partial charge is 0.380 e. The van der Waals surface area contributed by atoms with Crippen LogP contribution in [0.5, 0.6) is 0 Å². The number of rotatable bonds is 4. The van der Waals surface area contributed by atoms with Crippen molar-refractivity contribution in [2.24, 2.45) is 0 Å². The Morgan fingerprint density at radius 1 is 1.39 bits per heavy atom. The maximum Gasteiger partial charge on any atom is 0.243 e. The first-order valence-electron chi connectivity index (χ1n) is 7.10. The maximum atomic E-state index is 12.9. The fraction of sp³-hybridized carbons (Fsp3) is 0.333. The Morgan fingerprint density at radius 2 is 2.13 bits per heavy atom. The minimum atomic E-state index is -3.70. The molecule has 0 spiro atoms. The van der Waals surface area contributed by atoms with E-state index in [1.54, 1.807) is 19.5 Å². The highest BCUT2D eigenvalue weighted by molar-refractivity contribution is 7.89. The Balaban J connectivity index is 1.97. The van der Waals surface area contributed by atoms with Crippen molar-refractivity contribution in [2.75, 3.05) is 13.7 Å². The quantitative estimate of drug-likeness (QED) is 0.913. The van der Waals surface area contributed by atoms with Gasteiger partial charge < -0.3 is 9.72 Å². The first kappa shape index (κ1) is 15.7. The summed E-state index contributed by atoms with van der Waals surface area (Å²) in [6.45, 7) is 0.268. The molecule has 0 saturated carbocycles. The van der Waals surface area contributed by atoms with Crippen LogP contribution in [0.4, 0.5) is 0 Å². The average molecular weight is 332 g/mol. The number of nitrogens with one attached hydrogen (secondary N) is 1. The Labute approximate surface area is 134 Å². The minimum Gasteiger partial charge on any atom is -0.380 e. The van der Waals surface area contributed by atoms with E-state index < -0.39 is 16.1 Å². The number of ether oxygens (including phenoxy) is 1. The van der Waals surface area contributed by atoms with Crippen molar-refractivity contribution in [3.63, 3.8) is 0 Å². The van der Waals surface area contributed by atoms with Crippen molar-refractivity contribution < 1.29 is 13.2 Å². The molecule has 2 heterocycles. The van der Waals surface area contributed by atoms with Crippen LogP contribution in [0.25, 0.3) is 0 Å². The lowest BCUT2D eigenvalue weighted by atomic mass is 10.2. The second kappa shape index (κ2) is 6.12. The normalized spacial score (nSPS) is 22.1. The molecule has 2 atom stereocenters. The Kier molecular flexibility index (Phi) is 4.17. The van der Waals surface area contributed by atoms with Gasteiger partial charge in [-0.25, -0.2) is 13.4 Å². The molecule has 0 radical (unpaired) electrons. The van der Waals surface area contributed by atoms with Crippen LogP contribution in [-0.4, -0.2) is 42.4 Å². The highest BCUT2D eigenvalue weighted by Crippen LogP contribution is 2.36. The van der Waals surface area contributed by atoms with E-state index in [0.29, 0.717) is 17.8 Å². The lowest BCUT2D eigenvalue weighted by Crippen LogP contribution is -2.32. The average Bonchev–Trinajstić information content (AvgIpc) is 3.23. The molecule has 1 aromatic heterocycles. The van der Waals surface area contributed by atoms with E-state index >= 15 is 0 Å². The first-order chi connectivity index (χ1) is 11.1.